The molecule has 0 radical (unpaired) electrons. The normalized spacial score (nSPS) is 10.8. The minimum atomic E-state index is 0.914. The van der Waals surface area contributed by atoms with Crippen LogP contribution >= 0.6 is 27.3 Å². The summed E-state index contributed by atoms with van der Waals surface area (Å²) in [7, 11) is 1.88. The number of benzene rings is 1. The second-order valence-corrected chi connectivity index (χ2v) is 5.66. The fourth-order valence-electron chi connectivity index (χ4n) is 1.85. The quantitative estimate of drug-likeness (QED) is 0.770. The Hall–Kier alpha value is -1.46. The number of halogens is 1. The summed E-state index contributed by atoms with van der Waals surface area (Å²) >= 11 is 5.19. The van der Waals surface area contributed by atoms with Crippen LogP contribution in [0.25, 0.3) is 21.3 Å². The number of anilines is 1. The largest absolute Gasteiger partial charge is 0.365 e. The number of aromatic nitrogens is 2. The molecule has 0 saturated carbocycles. The molecule has 2 heterocycles. The molecule has 0 spiro atoms. The Morgan fingerprint density at radius 3 is 2.89 bits per heavy atom. The van der Waals surface area contributed by atoms with Gasteiger partial charge in [-0.05, 0) is 12.1 Å². The molecule has 1 aromatic carbocycles. The first-order chi connectivity index (χ1) is 8.79. The Balaban J connectivity index is 2.26. The number of fused-ring (bicyclic) bond motifs is 1. The van der Waals surface area contributed by atoms with Gasteiger partial charge in [-0.15, -0.1) is 0 Å². The lowest BCUT2D eigenvalue weighted by Gasteiger charge is -2.04. The Kier molecular flexibility index (Phi) is 3.01. The van der Waals surface area contributed by atoms with Crippen LogP contribution in [0.15, 0.2) is 41.1 Å². The lowest BCUT2D eigenvalue weighted by molar-refractivity contribution is 1.36. The Morgan fingerprint density at radius 1 is 1.22 bits per heavy atom. The summed E-state index contributed by atoms with van der Waals surface area (Å²) in [6.07, 6.45) is 3.70. The molecule has 0 amide bonds. The van der Waals surface area contributed by atoms with Crippen LogP contribution in [-0.4, -0.2) is 17.0 Å². The minimum Gasteiger partial charge on any atom is -0.365 e. The monoisotopic (exact) mass is 319 g/mol. The zero-order valence-corrected chi connectivity index (χ0v) is 12.0. The zero-order chi connectivity index (χ0) is 12.5. The first-order valence-corrected chi connectivity index (χ1v) is 7.08. The van der Waals surface area contributed by atoms with Crippen molar-refractivity contribution in [3.8, 4) is 10.4 Å². The van der Waals surface area contributed by atoms with Crippen molar-refractivity contribution >= 4 is 43.3 Å². The number of rotatable bonds is 2. The maximum Gasteiger partial charge on any atom is 0.182 e. The molecule has 5 heteroatoms. The number of pyridine rings is 1. The summed E-state index contributed by atoms with van der Waals surface area (Å²) in [6, 6.07) is 8.14. The van der Waals surface area contributed by atoms with Crippen LogP contribution in [0.4, 0.5) is 5.13 Å². The maximum absolute atomic E-state index is 4.48. The minimum absolute atomic E-state index is 0.914. The lowest BCUT2D eigenvalue weighted by Crippen LogP contribution is -1.83. The van der Waals surface area contributed by atoms with Gasteiger partial charge in [0.1, 0.15) is 0 Å². The SMILES string of the molecule is CNc1ncc(-c2ccc(Br)c3cccnc23)s1. The number of nitrogens with one attached hydrogen (secondary N) is 1. The second kappa shape index (κ2) is 4.66. The number of thiazole rings is 1. The Bertz CT molecular complexity index is 708. The highest BCUT2D eigenvalue weighted by Crippen LogP contribution is 2.35. The standard InChI is InChI=1S/C13H10BrN3S/c1-15-13-17-7-11(18-13)9-4-5-10(14)8-3-2-6-16-12(8)9/h2-7H,1H3,(H,15,17). The van der Waals surface area contributed by atoms with Crippen LogP contribution in [0.5, 0.6) is 0 Å². The van der Waals surface area contributed by atoms with E-state index in [4.69, 9.17) is 0 Å². The average Bonchev–Trinajstić information content (AvgIpc) is 2.88. The van der Waals surface area contributed by atoms with Gasteiger partial charge in [-0.1, -0.05) is 39.4 Å². The van der Waals surface area contributed by atoms with Crippen molar-refractivity contribution in [1.29, 1.82) is 0 Å². The third-order valence-corrected chi connectivity index (χ3v) is 4.44. The lowest BCUT2D eigenvalue weighted by atomic mass is 10.1. The van der Waals surface area contributed by atoms with Gasteiger partial charge in [0, 0.05) is 34.9 Å². The van der Waals surface area contributed by atoms with Gasteiger partial charge in [0.15, 0.2) is 5.13 Å². The van der Waals surface area contributed by atoms with E-state index in [1.165, 1.54) is 0 Å². The first-order valence-electron chi connectivity index (χ1n) is 5.47. The van der Waals surface area contributed by atoms with Gasteiger partial charge in [-0.3, -0.25) is 4.98 Å². The Labute approximate surface area is 117 Å². The van der Waals surface area contributed by atoms with Crippen LogP contribution in [0, 0.1) is 0 Å². The molecular formula is C13H10BrN3S. The highest BCUT2D eigenvalue weighted by molar-refractivity contribution is 9.10. The molecule has 2 aromatic heterocycles. The van der Waals surface area contributed by atoms with E-state index in [0.29, 0.717) is 0 Å². The molecule has 0 saturated heterocycles. The number of hydrogen-bond acceptors (Lipinski definition) is 4. The van der Waals surface area contributed by atoms with Crippen LogP contribution in [0.1, 0.15) is 0 Å². The summed E-state index contributed by atoms with van der Waals surface area (Å²) in [6.45, 7) is 0. The average molecular weight is 320 g/mol. The predicted molar refractivity (Wildman–Crippen MR) is 80.1 cm³/mol. The van der Waals surface area contributed by atoms with Gasteiger partial charge < -0.3 is 5.32 Å². The number of nitrogens with zero attached hydrogens (tertiary/aromatic N) is 2. The molecule has 0 unspecified atom stereocenters. The summed E-state index contributed by atoms with van der Waals surface area (Å²) in [5, 5.41) is 5.09. The molecule has 18 heavy (non-hydrogen) atoms. The Morgan fingerprint density at radius 2 is 2.11 bits per heavy atom. The van der Waals surface area contributed by atoms with E-state index < -0.39 is 0 Å². The van der Waals surface area contributed by atoms with Crippen molar-refractivity contribution in [3.63, 3.8) is 0 Å². The van der Waals surface area contributed by atoms with E-state index in [1.54, 1.807) is 11.3 Å². The molecule has 1 N–H and O–H groups in total. The summed E-state index contributed by atoms with van der Waals surface area (Å²) in [4.78, 5) is 9.91. The van der Waals surface area contributed by atoms with E-state index in [1.807, 2.05) is 25.5 Å². The maximum atomic E-state index is 4.48. The van der Waals surface area contributed by atoms with Gasteiger partial charge in [0.2, 0.25) is 0 Å². The van der Waals surface area contributed by atoms with E-state index in [-0.39, 0.29) is 0 Å². The van der Waals surface area contributed by atoms with Gasteiger partial charge in [-0.2, -0.15) is 0 Å². The molecule has 3 aromatic rings. The van der Waals surface area contributed by atoms with Crippen molar-refractivity contribution in [3.05, 3.63) is 41.1 Å². The van der Waals surface area contributed by atoms with Crippen molar-refractivity contribution in [2.45, 2.75) is 0 Å². The highest BCUT2D eigenvalue weighted by Gasteiger charge is 2.10. The van der Waals surface area contributed by atoms with E-state index >= 15 is 0 Å². The van der Waals surface area contributed by atoms with Gasteiger partial charge >= 0.3 is 0 Å². The van der Waals surface area contributed by atoms with Gasteiger partial charge in [-0.25, -0.2) is 4.98 Å². The molecule has 0 aliphatic carbocycles. The van der Waals surface area contributed by atoms with E-state index in [2.05, 4.69) is 49.4 Å². The summed E-state index contributed by atoms with van der Waals surface area (Å²) in [5.74, 6) is 0. The van der Waals surface area contributed by atoms with Crippen LogP contribution in [0.3, 0.4) is 0 Å². The molecule has 0 bridgehead atoms. The molecule has 0 aliphatic rings. The van der Waals surface area contributed by atoms with E-state index in [0.717, 1.165) is 30.9 Å². The predicted octanol–water partition coefficient (Wildman–Crippen LogP) is 4.16. The van der Waals surface area contributed by atoms with Crippen molar-refractivity contribution in [1.82, 2.24) is 9.97 Å². The topological polar surface area (TPSA) is 37.8 Å². The molecule has 0 atom stereocenters. The highest BCUT2D eigenvalue weighted by atomic mass is 79.9. The molecule has 90 valence electrons. The fraction of sp³-hybridized carbons (Fsp3) is 0.0769. The van der Waals surface area contributed by atoms with Crippen LogP contribution in [0.2, 0.25) is 0 Å². The molecule has 3 rings (SSSR count). The van der Waals surface area contributed by atoms with Crippen molar-refractivity contribution in [2.24, 2.45) is 0 Å². The van der Waals surface area contributed by atoms with Crippen molar-refractivity contribution in [2.75, 3.05) is 12.4 Å². The van der Waals surface area contributed by atoms with Crippen LogP contribution < -0.4 is 5.32 Å². The molecular weight excluding hydrogens is 310 g/mol. The van der Waals surface area contributed by atoms with Gasteiger partial charge in [0.05, 0.1) is 10.4 Å². The zero-order valence-electron chi connectivity index (χ0n) is 9.64. The van der Waals surface area contributed by atoms with Crippen LogP contribution in [-0.2, 0) is 0 Å². The fourth-order valence-corrected chi connectivity index (χ4v) is 3.10. The summed E-state index contributed by atoms with van der Waals surface area (Å²) in [5.41, 5.74) is 2.12. The molecule has 0 aliphatic heterocycles. The third kappa shape index (κ3) is 1.89. The van der Waals surface area contributed by atoms with Crippen molar-refractivity contribution < 1.29 is 0 Å². The second-order valence-electron chi connectivity index (χ2n) is 3.77. The van der Waals surface area contributed by atoms with E-state index in [9.17, 15) is 0 Å². The molecule has 3 nitrogen and oxygen atoms in total. The smallest absolute Gasteiger partial charge is 0.182 e. The third-order valence-electron chi connectivity index (χ3n) is 2.70. The first kappa shape index (κ1) is 11.6. The van der Waals surface area contributed by atoms with Gasteiger partial charge in [0.25, 0.3) is 0 Å². The number of hydrogen-bond donors (Lipinski definition) is 1. The summed E-state index contributed by atoms with van der Waals surface area (Å²) < 4.78 is 1.06. The molecule has 0 fully saturated rings.